The van der Waals surface area contributed by atoms with Crippen molar-refractivity contribution in [2.75, 3.05) is 32.8 Å². The van der Waals surface area contributed by atoms with Crippen LogP contribution in [0.3, 0.4) is 0 Å². The Bertz CT molecular complexity index is 870. The van der Waals surface area contributed by atoms with Gasteiger partial charge in [-0.25, -0.2) is 0 Å². The van der Waals surface area contributed by atoms with Crippen LogP contribution in [-0.4, -0.2) is 93.6 Å². The largest absolute Gasteiger partial charge is 0.396 e. The standard InChI is InChI=1S/C25H37N3O5/c1-5-12-26-13-7-10-24(6-2)18(21(26)30)19-22(31)28(15-9-16-29)20-23(32)27(17(3)4)14-8-11-25(19,20)33-24/h7-8,10-11,17-20,29H,5-6,9,12-16H2,1-4H3/t18-,19+,20?,24+,25+/m1/s1. The summed E-state index contributed by atoms with van der Waals surface area (Å²) < 4.78 is 6.86. The lowest BCUT2D eigenvalue weighted by atomic mass is 9.73. The van der Waals surface area contributed by atoms with Crippen molar-refractivity contribution in [3.05, 3.63) is 24.3 Å². The molecule has 4 heterocycles. The van der Waals surface area contributed by atoms with Gasteiger partial charge < -0.3 is 24.5 Å². The first-order chi connectivity index (χ1) is 15.8. The van der Waals surface area contributed by atoms with Crippen molar-refractivity contribution in [2.24, 2.45) is 11.8 Å². The highest BCUT2D eigenvalue weighted by Gasteiger charge is 2.75. The van der Waals surface area contributed by atoms with Crippen LogP contribution in [0.4, 0.5) is 0 Å². The van der Waals surface area contributed by atoms with Crippen LogP contribution in [0.5, 0.6) is 0 Å². The number of carbonyl (C=O) groups is 3. The van der Waals surface area contributed by atoms with E-state index in [2.05, 4.69) is 0 Å². The average Bonchev–Trinajstić information content (AvgIpc) is 3.07. The molecule has 1 spiro atoms. The minimum absolute atomic E-state index is 0.0419. The fraction of sp³-hybridized carbons (Fsp3) is 0.720. The summed E-state index contributed by atoms with van der Waals surface area (Å²) in [7, 11) is 0. The minimum Gasteiger partial charge on any atom is -0.396 e. The van der Waals surface area contributed by atoms with Crippen LogP contribution in [0, 0.1) is 11.8 Å². The Labute approximate surface area is 196 Å². The van der Waals surface area contributed by atoms with Crippen LogP contribution in [0.1, 0.15) is 47.0 Å². The van der Waals surface area contributed by atoms with Gasteiger partial charge in [-0.3, -0.25) is 14.4 Å². The number of carbonyl (C=O) groups excluding carboxylic acids is 3. The van der Waals surface area contributed by atoms with E-state index in [-0.39, 0.29) is 36.9 Å². The zero-order valence-electron chi connectivity index (χ0n) is 20.2. The second kappa shape index (κ2) is 8.87. The lowest BCUT2D eigenvalue weighted by Gasteiger charge is -2.39. The predicted octanol–water partition coefficient (Wildman–Crippen LogP) is 1.35. The van der Waals surface area contributed by atoms with Gasteiger partial charge >= 0.3 is 0 Å². The monoisotopic (exact) mass is 459 g/mol. The number of aliphatic hydroxyl groups excluding tert-OH is 1. The quantitative estimate of drug-likeness (QED) is 0.581. The summed E-state index contributed by atoms with van der Waals surface area (Å²) in [5.41, 5.74) is -2.14. The summed E-state index contributed by atoms with van der Waals surface area (Å²) in [5.74, 6) is -1.92. The number of amides is 3. The smallest absolute Gasteiger partial charge is 0.249 e. The summed E-state index contributed by atoms with van der Waals surface area (Å²) in [6.07, 6.45) is 9.46. The lowest BCUT2D eigenvalue weighted by Crippen LogP contribution is -2.57. The van der Waals surface area contributed by atoms with Gasteiger partial charge in [0.25, 0.3) is 0 Å². The molecule has 0 bridgehead atoms. The molecule has 0 radical (unpaired) electrons. The number of nitrogens with zero attached hydrogens (tertiary/aromatic N) is 3. The third kappa shape index (κ3) is 3.44. The summed E-state index contributed by atoms with van der Waals surface area (Å²) in [6.45, 7) is 9.63. The van der Waals surface area contributed by atoms with Gasteiger partial charge in [0.05, 0.1) is 17.4 Å². The van der Waals surface area contributed by atoms with Gasteiger partial charge in [-0.2, -0.15) is 0 Å². The molecule has 1 unspecified atom stereocenters. The summed E-state index contributed by atoms with van der Waals surface area (Å²) in [4.78, 5) is 46.9. The molecule has 5 atom stereocenters. The highest BCUT2D eigenvalue weighted by Crippen LogP contribution is 2.58. The van der Waals surface area contributed by atoms with E-state index in [1.54, 1.807) is 9.80 Å². The first-order valence-corrected chi connectivity index (χ1v) is 12.3. The van der Waals surface area contributed by atoms with Crippen LogP contribution >= 0.6 is 0 Å². The van der Waals surface area contributed by atoms with Crippen molar-refractivity contribution in [3.63, 3.8) is 0 Å². The van der Waals surface area contributed by atoms with Crippen LogP contribution in [-0.2, 0) is 19.1 Å². The molecule has 0 aromatic carbocycles. The van der Waals surface area contributed by atoms with Gasteiger partial charge in [0.1, 0.15) is 11.6 Å². The highest BCUT2D eigenvalue weighted by molar-refractivity contribution is 6.00. The first-order valence-electron chi connectivity index (χ1n) is 12.3. The summed E-state index contributed by atoms with van der Waals surface area (Å²) >= 11 is 0. The molecule has 8 heteroatoms. The van der Waals surface area contributed by atoms with E-state index in [0.29, 0.717) is 32.5 Å². The lowest BCUT2D eigenvalue weighted by molar-refractivity contribution is -0.155. The van der Waals surface area contributed by atoms with Crippen molar-refractivity contribution in [1.82, 2.24) is 14.7 Å². The van der Waals surface area contributed by atoms with Gasteiger partial charge in [0.15, 0.2) is 0 Å². The van der Waals surface area contributed by atoms with Crippen molar-refractivity contribution in [2.45, 2.75) is 70.2 Å². The van der Waals surface area contributed by atoms with E-state index in [0.717, 1.165) is 6.42 Å². The van der Waals surface area contributed by atoms with Crippen molar-refractivity contribution >= 4 is 17.7 Å². The van der Waals surface area contributed by atoms with Crippen molar-refractivity contribution in [1.29, 1.82) is 0 Å². The van der Waals surface area contributed by atoms with Crippen LogP contribution in [0.25, 0.3) is 0 Å². The van der Waals surface area contributed by atoms with E-state index in [9.17, 15) is 19.5 Å². The first kappa shape index (κ1) is 24.0. The number of likely N-dealkylation sites (tertiary alicyclic amines) is 1. The number of fused-ring (bicyclic) bond motifs is 2. The van der Waals surface area contributed by atoms with E-state index in [1.165, 1.54) is 0 Å². The number of rotatable bonds is 7. The molecular formula is C25H37N3O5. The second-order valence-corrected chi connectivity index (χ2v) is 9.90. The Morgan fingerprint density at radius 1 is 1.03 bits per heavy atom. The molecular weight excluding hydrogens is 422 g/mol. The maximum absolute atomic E-state index is 14.0. The zero-order valence-corrected chi connectivity index (χ0v) is 20.2. The molecule has 8 nitrogen and oxygen atoms in total. The van der Waals surface area contributed by atoms with Crippen molar-refractivity contribution < 1.29 is 24.2 Å². The Hall–Kier alpha value is -2.19. The molecule has 4 aliphatic heterocycles. The SMILES string of the molecule is CCCN1CC=C[C@]2(CC)O[C@]34C=CCN(C(C)C)C(=O)C3N(CCCO)C(=O)[C@@H]4[C@@H]2C1=O. The Kier molecular flexibility index (Phi) is 6.44. The number of hydrogen-bond acceptors (Lipinski definition) is 5. The molecule has 0 aromatic rings. The van der Waals surface area contributed by atoms with Crippen LogP contribution < -0.4 is 0 Å². The van der Waals surface area contributed by atoms with Gasteiger partial charge in [-0.1, -0.05) is 38.2 Å². The molecule has 0 aromatic heterocycles. The minimum atomic E-state index is -1.21. The molecule has 2 saturated heterocycles. The fourth-order valence-corrected chi connectivity index (χ4v) is 6.24. The topological polar surface area (TPSA) is 90.4 Å². The van der Waals surface area contributed by atoms with E-state index in [4.69, 9.17) is 4.74 Å². The van der Waals surface area contributed by atoms with Gasteiger partial charge in [0, 0.05) is 38.8 Å². The molecule has 3 amide bonds. The molecule has 33 heavy (non-hydrogen) atoms. The Balaban J connectivity index is 1.88. The van der Waals surface area contributed by atoms with E-state index < -0.39 is 29.1 Å². The van der Waals surface area contributed by atoms with Crippen molar-refractivity contribution in [3.8, 4) is 0 Å². The van der Waals surface area contributed by atoms with Crippen LogP contribution in [0.2, 0.25) is 0 Å². The molecule has 4 aliphatic rings. The van der Waals surface area contributed by atoms with E-state index >= 15 is 0 Å². The number of aliphatic hydroxyl groups is 1. The second-order valence-electron chi connectivity index (χ2n) is 9.90. The predicted molar refractivity (Wildman–Crippen MR) is 123 cm³/mol. The molecule has 1 N–H and O–H groups in total. The normalized spacial score (nSPS) is 35.8. The molecule has 2 fully saturated rings. The average molecular weight is 460 g/mol. The molecule has 0 aliphatic carbocycles. The van der Waals surface area contributed by atoms with Crippen LogP contribution in [0.15, 0.2) is 24.3 Å². The van der Waals surface area contributed by atoms with Gasteiger partial charge in [0.2, 0.25) is 17.7 Å². The maximum atomic E-state index is 14.0. The summed E-state index contributed by atoms with van der Waals surface area (Å²) in [5, 5.41) is 9.46. The molecule has 4 rings (SSSR count). The highest BCUT2D eigenvalue weighted by atomic mass is 16.5. The van der Waals surface area contributed by atoms with E-state index in [1.807, 2.05) is 56.9 Å². The number of ether oxygens (including phenoxy) is 1. The third-order valence-electron chi connectivity index (χ3n) is 7.73. The third-order valence-corrected chi connectivity index (χ3v) is 7.73. The fourth-order valence-electron chi connectivity index (χ4n) is 6.24. The maximum Gasteiger partial charge on any atom is 0.249 e. The van der Waals surface area contributed by atoms with Gasteiger partial charge in [-0.15, -0.1) is 0 Å². The Morgan fingerprint density at radius 2 is 1.76 bits per heavy atom. The molecule has 182 valence electrons. The Morgan fingerprint density at radius 3 is 2.39 bits per heavy atom. The van der Waals surface area contributed by atoms with Gasteiger partial charge in [-0.05, 0) is 33.1 Å². The summed E-state index contributed by atoms with van der Waals surface area (Å²) in [6, 6.07) is -0.890. The zero-order chi connectivity index (χ0) is 24.0. The molecule has 0 saturated carbocycles. The number of hydrogen-bond donors (Lipinski definition) is 1.